The molecule has 0 spiro atoms. The van der Waals surface area contributed by atoms with Gasteiger partial charge in [-0.05, 0) is 24.1 Å². The predicted octanol–water partition coefficient (Wildman–Crippen LogP) is 2.50. The van der Waals surface area contributed by atoms with Crippen molar-refractivity contribution in [3.05, 3.63) is 42.5 Å². The van der Waals surface area contributed by atoms with E-state index in [4.69, 9.17) is 4.74 Å². The monoisotopic (exact) mass is 249 g/mol. The van der Waals surface area contributed by atoms with E-state index < -0.39 is 0 Å². The summed E-state index contributed by atoms with van der Waals surface area (Å²) in [6, 6.07) is 7.95. The largest absolute Gasteiger partial charge is 0.490 e. The molecule has 0 bridgehead atoms. The van der Waals surface area contributed by atoms with Gasteiger partial charge in [-0.3, -0.25) is 0 Å². The highest BCUT2D eigenvalue weighted by atomic mass is 16.5. The molecule has 0 heterocycles. The van der Waals surface area contributed by atoms with E-state index in [0.29, 0.717) is 13.2 Å². The maximum absolute atomic E-state index is 9.58. The molecule has 0 fully saturated rings. The maximum Gasteiger partial charge on any atom is 0.119 e. The summed E-state index contributed by atoms with van der Waals surface area (Å²) in [6.45, 7) is 7.62. The molecule has 0 aliphatic rings. The second-order valence-corrected chi connectivity index (χ2v) is 4.32. The van der Waals surface area contributed by atoms with E-state index in [1.807, 2.05) is 24.3 Å². The van der Waals surface area contributed by atoms with Crippen LogP contribution >= 0.6 is 0 Å². The first-order valence-corrected chi connectivity index (χ1v) is 6.47. The number of hydrogen-bond acceptors (Lipinski definition) is 3. The van der Waals surface area contributed by atoms with Gasteiger partial charge in [-0.2, -0.15) is 0 Å². The third-order valence-electron chi connectivity index (χ3n) is 2.62. The first-order chi connectivity index (χ1) is 8.76. The van der Waals surface area contributed by atoms with E-state index in [0.717, 1.165) is 25.1 Å². The van der Waals surface area contributed by atoms with Crippen LogP contribution in [0, 0.1) is 0 Å². The van der Waals surface area contributed by atoms with Crippen molar-refractivity contribution in [1.82, 2.24) is 5.32 Å². The number of nitrogens with one attached hydrogen (secondary N) is 1. The maximum atomic E-state index is 9.58. The SMILES string of the molecule is C=CCOc1ccc(CNCC(O)CCC)cc1. The van der Waals surface area contributed by atoms with Gasteiger partial charge in [0.1, 0.15) is 12.4 Å². The van der Waals surface area contributed by atoms with Gasteiger partial charge in [0, 0.05) is 13.1 Å². The molecule has 0 aliphatic heterocycles. The number of rotatable bonds is 9. The Balaban J connectivity index is 2.28. The van der Waals surface area contributed by atoms with Crippen LogP contribution in [0.1, 0.15) is 25.3 Å². The molecule has 0 saturated carbocycles. The predicted molar refractivity (Wildman–Crippen MR) is 74.8 cm³/mol. The number of benzene rings is 1. The second kappa shape index (κ2) is 8.72. The Morgan fingerprint density at radius 1 is 1.39 bits per heavy atom. The normalized spacial score (nSPS) is 12.1. The topological polar surface area (TPSA) is 41.5 Å². The lowest BCUT2D eigenvalue weighted by atomic mass is 10.2. The Labute approximate surface area is 109 Å². The van der Waals surface area contributed by atoms with Crippen molar-refractivity contribution in [2.45, 2.75) is 32.4 Å². The number of aliphatic hydroxyl groups excluding tert-OH is 1. The molecule has 1 rings (SSSR count). The van der Waals surface area contributed by atoms with Crippen LogP contribution in [0.25, 0.3) is 0 Å². The fourth-order valence-corrected chi connectivity index (χ4v) is 1.68. The molecule has 0 amide bonds. The Morgan fingerprint density at radius 2 is 2.11 bits per heavy atom. The van der Waals surface area contributed by atoms with Crippen molar-refractivity contribution in [3.63, 3.8) is 0 Å². The van der Waals surface area contributed by atoms with Crippen LogP contribution in [0.5, 0.6) is 5.75 Å². The van der Waals surface area contributed by atoms with Crippen molar-refractivity contribution in [2.24, 2.45) is 0 Å². The minimum absolute atomic E-state index is 0.245. The Kier molecular flexibility index (Phi) is 7.14. The van der Waals surface area contributed by atoms with Crippen molar-refractivity contribution in [3.8, 4) is 5.75 Å². The molecule has 0 radical (unpaired) electrons. The van der Waals surface area contributed by atoms with E-state index >= 15 is 0 Å². The second-order valence-electron chi connectivity index (χ2n) is 4.32. The summed E-state index contributed by atoms with van der Waals surface area (Å²) in [4.78, 5) is 0. The minimum Gasteiger partial charge on any atom is -0.490 e. The van der Waals surface area contributed by atoms with Crippen LogP contribution in [0.3, 0.4) is 0 Å². The number of hydrogen-bond donors (Lipinski definition) is 2. The highest BCUT2D eigenvalue weighted by Crippen LogP contribution is 2.12. The lowest BCUT2D eigenvalue weighted by Gasteiger charge is -2.11. The molecule has 1 aromatic carbocycles. The fraction of sp³-hybridized carbons (Fsp3) is 0.467. The van der Waals surface area contributed by atoms with E-state index in [-0.39, 0.29) is 6.10 Å². The van der Waals surface area contributed by atoms with E-state index in [9.17, 15) is 5.11 Å². The van der Waals surface area contributed by atoms with Gasteiger partial charge in [0.2, 0.25) is 0 Å². The van der Waals surface area contributed by atoms with Crippen LogP contribution in [0.4, 0.5) is 0 Å². The molecule has 1 unspecified atom stereocenters. The molecule has 0 aliphatic carbocycles. The highest BCUT2D eigenvalue weighted by Gasteiger charge is 2.01. The summed E-state index contributed by atoms with van der Waals surface area (Å²) < 4.78 is 5.41. The summed E-state index contributed by atoms with van der Waals surface area (Å²) in [7, 11) is 0. The van der Waals surface area contributed by atoms with Crippen molar-refractivity contribution in [1.29, 1.82) is 0 Å². The summed E-state index contributed by atoms with van der Waals surface area (Å²) in [6.07, 6.45) is 3.34. The Hall–Kier alpha value is -1.32. The fourth-order valence-electron chi connectivity index (χ4n) is 1.68. The average molecular weight is 249 g/mol. The zero-order valence-electron chi connectivity index (χ0n) is 11.1. The molecule has 0 aromatic heterocycles. The molecule has 1 atom stereocenters. The summed E-state index contributed by atoms with van der Waals surface area (Å²) in [5.74, 6) is 0.852. The minimum atomic E-state index is -0.245. The summed E-state index contributed by atoms with van der Waals surface area (Å²) in [5.41, 5.74) is 1.18. The van der Waals surface area contributed by atoms with Crippen LogP contribution < -0.4 is 10.1 Å². The molecular weight excluding hydrogens is 226 g/mol. The molecule has 3 heteroatoms. The van der Waals surface area contributed by atoms with Crippen LogP contribution in [-0.4, -0.2) is 24.4 Å². The third-order valence-corrected chi connectivity index (χ3v) is 2.62. The molecule has 18 heavy (non-hydrogen) atoms. The van der Waals surface area contributed by atoms with E-state index in [2.05, 4.69) is 18.8 Å². The number of aliphatic hydroxyl groups is 1. The molecular formula is C15H23NO2. The van der Waals surface area contributed by atoms with Crippen LogP contribution in [0.2, 0.25) is 0 Å². The van der Waals surface area contributed by atoms with Crippen molar-refractivity contribution >= 4 is 0 Å². The highest BCUT2D eigenvalue weighted by molar-refractivity contribution is 5.27. The van der Waals surface area contributed by atoms with Gasteiger partial charge in [0.15, 0.2) is 0 Å². The van der Waals surface area contributed by atoms with Crippen LogP contribution in [-0.2, 0) is 6.54 Å². The van der Waals surface area contributed by atoms with Crippen molar-refractivity contribution < 1.29 is 9.84 Å². The zero-order valence-corrected chi connectivity index (χ0v) is 11.1. The van der Waals surface area contributed by atoms with Gasteiger partial charge in [-0.25, -0.2) is 0 Å². The van der Waals surface area contributed by atoms with Gasteiger partial charge in [-0.15, -0.1) is 0 Å². The molecule has 2 N–H and O–H groups in total. The summed E-state index contributed by atoms with van der Waals surface area (Å²) >= 11 is 0. The van der Waals surface area contributed by atoms with Crippen molar-refractivity contribution in [2.75, 3.05) is 13.2 Å². The first-order valence-electron chi connectivity index (χ1n) is 6.47. The summed E-state index contributed by atoms with van der Waals surface area (Å²) in [5, 5.41) is 12.8. The van der Waals surface area contributed by atoms with E-state index in [1.165, 1.54) is 5.56 Å². The standard InChI is InChI=1S/C15H23NO2/c1-3-5-14(17)12-16-11-13-6-8-15(9-7-13)18-10-4-2/h4,6-9,14,16-17H,2-3,5,10-12H2,1H3. The van der Waals surface area contributed by atoms with Gasteiger partial charge in [0.05, 0.1) is 6.10 Å². The van der Waals surface area contributed by atoms with Gasteiger partial charge < -0.3 is 15.2 Å². The smallest absolute Gasteiger partial charge is 0.119 e. The van der Waals surface area contributed by atoms with Gasteiger partial charge in [0.25, 0.3) is 0 Å². The first kappa shape index (κ1) is 14.7. The molecule has 0 saturated heterocycles. The Morgan fingerprint density at radius 3 is 2.72 bits per heavy atom. The molecule has 100 valence electrons. The van der Waals surface area contributed by atoms with Gasteiger partial charge >= 0.3 is 0 Å². The zero-order chi connectivity index (χ0) is 13.2. The van der Waals surface area contributed by atoms with Gasteiger partial charge in [-0.1, -0.05) is 38.1 Å². The van der Waals surface area contributed by atoms with Crippen LogP contribution in [0.15, 0.2) is 36.9 Å². The third kappa shape index (κ3) is 5.84. The quantitative estimate of drug-likeness (QED) is 0.661. The molecule has 1 aromatic rings. The van der Waals surface area contributed by atoms with E-state index in [1.54, 1.807) is 6.08 Å². The molecule has 3 nitrogen and oxygen atoms in total. The Bertz CT molecular complexity index is 335. The lowest BCUT2D eigenvalue weighted by Crippen LogP contribution is -2.26. The average Bonchev–Trinajstić information content (AvgIpc) is 2.38. The lowest BCUT2D eigenvalue weighted by molar-refractivity contribution is 0.160. The number of ether oxygens (including phenoxy) is 1.